The summed E-state index contributed by atoms with van der Waals surface area (Å²) in [5.41, 5.74) is 0.956. The maximum Gasteiger partial charge on any atom is 0.237 e. The predicted molar refractivity (Wildman–Crippen MR) is 99.3 cm³/mol. The van der Waals surface area contributed by atoms with Crippen molar-refractivity contribution in [3.05, 3.63) is 23.8 Å². The van der Waals surface area contributed by atoms with Gasteiger partial charge in [0.15, 0.2) is 0 Å². The number of nitrogens with one attached hydrogen (secondary N) is 1. The number of methoxy groups -OCH3 is 2. The Hall–Kier alpha value is -2.28. The lowest BCUT2D eigenvalue weighted by Gasteiger charge is -2.36. The van der Waals surface area contributed by atoms with E-state index in [1.54, 1.807) is 26.2 Å². The SMILES string of the molecule is COc1ccc(CN2CCNC(=O)[C@@H]2CC(=O)N(C)C(C)C)c(OC)c1. The van der Waals surface area contributed by atoms with E-state index in [1.165, 1.54) is 0 Å². The van der Waals surface area contributed by atoms with E-state index in [1.807, 2.05) is 36.9 Å². The molecular formula is C19H29N3O4. The first-order chi connectivity index (χ1) is 12.4. The second-order valence-corrected chi connectivity index (χ2v) is 6.76. The van der Waals surface area contributed by atoms with E-state index in [0.717, 1.165) is 5.56 Å². The van der Waals surface area contributed by atoms with Gasteiger partial charge < -0.3 is 19.7 Å². The van der Waals surface area contributed by atoms with Crippen molar-refractivity contribution < 1.29 is 19.1 Å². The van der Waals surface area contributed by atoms with Gasteiger partial charge in [0.2, 0.25) is 11.8 Å². The number of benzene rings is 1. The summed E-state index contributed by atoms with van der Waals surface area (Å²) in [6.45, 7) is 5.70. The van der Waals surface area contributed by atoms with Gasteiger partial charge in [-0.3, -0.25) is 14.5 Å². The third kappa shape index (κ3) is 4.66. The van der Waals surface area contributed by atoms with E-state index in [-0.39, 0.29) is 24.3 Å². The summed E-state index contributed by atoms with van der Waals surface area (Å²) in [6, 6.07) is 5.25. The van der Waals surface area contributed by atoms with E-state index < -0.39 is 6.04 Å². The number of carbonyl (C=O) groups is 2. The number of hydrogen-bond acceptors (Lipinski definition) is 5. The lowest BCUT2D eigenvalue weighted by Crippen LogP contribution is -2.56. The first-order valence-electron chi connectivity index (χ1n) is 8.85. The molecule has 1 fully saturated rings. The number of ether oxygens (including phenoxy) is 2. The van der Waals surface area contributed by atoms with Crippen LogP contribution in [0.15, 0.2) is 18.2 Å². The fourth-order valence-corrected chi connectivity index (χ4v) is 2.97. The van der Waals surface area contributed by atoms with Crippen molar-refractivity contribution in [3.63, 3.8) is 0 Å². The van der Waals surface area contributed by atoms with Crippen LogP contribution in [0.2, 0.25) is 0 Å². The maximum absolute atomic E-state index is 12.5. The van der Waals surface area contributed by atoms with Crippen molar-refractivity contribution >= 4 is 11.8 Å². The Balaban J connectivity index is 2.17. The van der Waals surface area contributed by atoms with Crippen molar-refractivity contribution in [2.75, 3.05) is 34.4 Å². The van der Waals surface area contributed by atoms with Gasteiger partial charge in [-0.2, -0.15) is 0 Å². The Morgan fingerprint density at radius 3 is 2.69 bits per heavy atom. The zero-order chi connectivity index (χ0) is 19.3. The summed E-state index contributed by atoms with van der Waals surface area (Å²) >= 11 is 0. The van der Waals surface area contributed by atoms with Gasteiger partial charge in [-0.1, -0.05) is 6.07 Å². The molecule has 1 heterocycles. The number of nitrogens with zero attached hydrogens (tertiary/aromatic N) is 2. The van der Waals surface area contributed by atoms with Gasteiger partial charge in [-0.05, 0) is 19.9 Å². The van der Waals surface area contributed by atoms with Crippen LogP contribution in [-0.2, 0) is 16.1 Å². The normalized spacial score (nSPS) is 17.8. The van der Waals surface area contributed by atoms with Crippen molar-refractivity contribution in [3.8, 4) is 11.5 Å². The summed E-state index contributed by atoms with van der Waals surface area (Å²) in [6.07, 6.45) is 0.166. The molecule has 0 spiro atoms. The molecule has 1 aliphatic rings. The Labute approximate surface area is 155 Å². The van der Waals surface area contributed by atoms with Crippen LogP contribution in [0.25, 0.3) is 0 Å². The average molecular weight is 363 g/mol. The highest BCUT2D eigenvalue weighted by Gasteiger charge is 2.33. The molecular weight excluding hydrogens is 334 g/mol. The molecule has 1 aromatic carbocycles. The lowest BCUT2D eigenvalue weighted by atomic mass is 10.1. The average Bonchev–Trinajstić information content (AvgIpc) is 2.63. The highest BCUT2D eigenvalue weighted by molar-refractivity contribution is 5.88. The van der Waals surface area contributed by atoms with Crippen LogP contribution in [0.4, 0.5) is 0 Å². The molecule has 1 aromatic rings. The predicted octanol–water partition coefficient (Wildman–Crippen LogP) is 1.26. The van der Waals surface area contributed by atoms with Crippen LogP contribution in [0.3, 0.4) is 0 Å². The van der Waals surface area contributed by atoms with Crippen molar-refractivity contribution in [1.82, 2.24) is 15.1 Å². The molecule has 1 N–H and O–H groups in total. The van der Waals surface area contributed by atoms with Crippen LogP contribution in [0.1, 0.15) is 25.8 Å². The Morgan fingerprint density at radius 2 is 2.08 bits per heavy atom. The minimum atomic E-state index is -0.482. The molecule has 2 amide bonds. The fraction of sp³-hybridized carbons (Fsp3) is 0.579. The highest BCUT2D eigenvalue weighted by atomic mass is 16.5. The zero-order valence-electron chi connectivity index (χ0n) is 16.2. The number of carbonyl (C=O) groups excluding carboxylic acids is 2. The third-order valence-electron chi connectivity index (χ3n) is 4.85. The number of rotatable bonds is 7. The first kappa shape index (κ1) is 20.0. The summed E-state index contributed by atoms with van der Waals surface area (Å²) in [7, 11) is 4.99. The Morgan fingerprint density at radius 1 is 1.35 bits per heavy atom. The van der Waals surface area contributed by atoms with Gasteiger partial charge in [-0.15, -0.1) is 0 Å². The molecule has 144 valence electrons. The summed E-state index contributed by atoms with van der Waals surface area (Å²) in [4.78, 5) is 28.6. The zero-order valence-corrected chi connectivity index (χ0v) is 16.2. The summed E-state index contributed by atoms with van der Waals surface area (Å²) in [5, 5.41) is 2.87. The van der Waals surface area contributed by atoms with Crippen LogP contribution in [-0.4, -0.2) is 68.1 Å². The molecule has 1 atom stereocenters. The summed E-state index contributed by atoms with van der Waals surface area (Å²) < 4.78 is 10.7. The molecule has 7 heteroatoms. The van der Waals surface area contributed by atoms with Gasteiger partial charge in [0.05, 0.1) is 26.7 Å². The smallest absolute Gasteiger partial charge is 0.237 e. The van der Waals surface area contributed by atoms with Crippen LogP contribution in [0.5, 0.6) is 11.5 Å². The number of piperazine rings is 1. The monoisotopic (exact) mass is 363 g/mol. The van der Waals surface area contributed by atoms with E-state index in [9.17, 15) is 9.59 Å². The van der Waals surface area contributed by atoms with Gasteiger partial charge in [0.1, 0.15) is 11.5 Å². The highest BCUT2D eigenvalue weighted by Crippen LogP contribution is 2.27. The largest absolute Gasteiger partial charge is 0.497 e. The van der Waals surface area contributed by atoms with Gasteiger partial charge in [0.25, 0.3) is 0 Å². The van der Waals surface area contributed by atoms with Crippen molar-refractivity contribution in [2.45, 2.75) is 38.9 Å². The summed E-state index contributed by atoms with van der Waals surface area (Å²) in [5.74, 6) is 1.29. The molecule has 2 rings (SSSR count). The van der Waals surface area contributed by atoms with E-state index in [4.69, 9.17) is 9.47 Å². The first-order valence-corrected chi connectivity index (χ1v) is 8.85. The Kier molecular flexibility index (Phi) is 6.85. The van der Waals surface area contributed by atoms with Gasteiger partial charge >= 0.3 is 0 Å². The van der Waals surface area contributed by atoms with E-state index >= 15 is 0 Å². The fourth-order valence-electron chi connectivity index (χ4n) is 2.97. The van der Waals surface area contributed by atoms with Crippen LogP contribution >= 0.6 is 0 Å². The third-order valence-corrected chi connectivity index (χ3v) is 4.85. The molecule has 0 aliphatic carbocycles. The quantitative estimate of drug-likeness (QED) is 0.790. The number of hydrogen-bond donors (Lipinski definition) is 1. The lowest BCUT2D eigenvalue weighted by molar-refractivity contribution is -0.139. The van der Waals surface area contributed by atoms with E-state index in [0.29, 0.717) is 31.1 Å². The van der Waals surface area contributed by atoms with E-state index in [2.05, 4.69) is 5.32 Å². The maximum atomic E-state index is 12.5. The van der Waals surface area contributed by atoms with Gasteiger partial charge in [0, 0.05) is 44.4 Å². The Bertz CT molecular complexity index is 648. The van der Waals surface area contributed by atoms with Gasteiger partial charge in [-0.25, -0.2) is 0 Å². The molecule has 1 saturated heterocycles. The topological polar surface area (TPSA) is 71.1 Å². The second-order valence-electron chi connectivity index (χ2n) is 6.76. The molecule has 0 saturated carbocycles. The second kappa shape index (κ2) is 8.89. The standard InChI is InChI=1S/C19H29N3O4/c1-13(2)21(3)18(23)11-16-19(24)20-8-9-22(16)12-14-6-7-15(25-4)10-17(14)26-5/h6-7,10,13,16H,8-9,11-12H2,1-5H3,(H,20,24)/t16-/m0/s1. The van der Waals surface area contributed by atoms with Crippen LogP contribution in [0, 0.1) is 0 Å². The molecule has 0 unspecified atom stereocenters. The molecule has 0 bridgehead atoms. The number of amides is 2. The minimum Gasteiger partial charge on any atom is -0.497 e. The van der Waals surface area contributed by atoms with Crippen molar-refractivity contribution in [2.24, 2.45) is 0 Å². The van der Waals surface area contributed by atoms with Crippen LogP contribution < -0.4 is 14.8 Å². The van der Waals surface area contributed by atoms with Crippen molar-refractivity contribution in [1.29, 1.82) is 0 Å². The minimum absolute atomic E-state index is 0.0336. The molecule has 0 radical (unpaired) electrons. The molecule has 7 nitrogen and oxygen atoms in total. The molecule has 26 heavy (non-hydrogen) atoms. The molecule has 0 aromatic heterocycles. The molecule has 1 aliphatic heterocycles.